The molecule has 0 saturated heterocycles. The first-order valence-corrected chi connectivity index (χ1v) is 14.7. The van der Waals surface area contributed by atoms with E-state index in [-0.39, 0.29) is 23.4 Å². The summed E-state index contributed by atoms with van der Waals surface area (Å²) in [6.45, 7) is 6.85. The van der Waals surface area contributed by atoms with Gasteiger partial charge in [-0.25, -0.2) is 8.42 Å². The molecule has 10 heteroatoms. The molecule has 0 aliphatic heterocycles. The minimum Gasteiger partial charge on any atom is -0.497 e. The van der Waals surface area contributed by atoms with Crippen molar-refractivity contribution < 1.29 is 22.7 Å². The van der Waals surface area contributed by atoms with Crippen LogP contribution in [0.3, 0.4) is 0 Å². The highest BCUT2D eigenvalue weighted by molar-refractivity contribution is 9.10. The number of sulfonamides is 1. The number of nitrogens with one attached hydrogen (secondary N) is 1. The molecule has 0 aliphatic rings. The molecule has 208 valence electrons. The average Bonchev–Trinajstić information content (AvgIpc) is 2.91. The molecule has 3 rings (SSSR count). The van der Waals surface area contributed by atoms with Gasteiger partial charge in [-0.2, -0.15) is 0 Å². The second kappa shape index (κ2) is 13.1. The van der Waals surface area contributed by atoms with E-state index in [4.69, 9.17) is 4.74 Å². The van der Waals surface area contributed by atoms with Gasteiger partial charge in [0, 0.05) is 17.1 Å². The second-order valence-electron chi connectivity index (χ2n) is 9.51. The third-order valence-electron chi connectivity index (χ3n) is 6.11. The number of benzene rings is 3. The van der Waals surface area contributed by atoms with Gasteiger partial charge in [0.25, 0.3) is 10.0 Å². The van der Waals surface area contributed by atoms with Gasteiger partial charge in [-0.05, 0) is 81.8 Å². The van der Waals surface area contributed by atoms with E-state index in [1.54, 1.807) is 43.3 Å². The zero-order valence-electron chi connectivity index (χ0n) is 22.7. The fourth-order valence-electron chi connectivity index (χ4n) is 3.89. The quantitative estimate of drug-likeness (QED) is 0.331. The van der Waals surface area contributed by atoms with Gasteiger partial charge in [0.2, 0.25) is 11.8 Å². The van der Waals surface area contributed by atoms with Gasteiger partial charge in [0.05, 0.1) is 17.7 Å². The Labute approximate surface area is 239 Å². The zero-order chi connectivity index (χ0) is 28.7. The minimum absolute atomic E-state index is 0.0155. The van der Waals surface area contributed by atoms with Gasteiger partial charge < -0.3 is 15.0 Å². The lowest BCUT2D eigenvalue weighted by molar-refractivity contribution is -0.139. The van der Waals surface area contributed by atoms with E-state index in [1.165, 1.54) is 24.1 Å². The Hall–Kier alpha value is -3.37. The Morgan fingerprint density at radius 1 is 0.923 bits per heavy atom. The molecular weight excluding hydrogens is 582 g/mol. The summed E-state index contributed by atoms with van der Waals surface area (Å²) in [6.07, 6.45) is 0. The van der Waals surface area contributed by atoms with Crippen LogP contribution in [0.15, 0.2) is 82.2 Å². The molecule has 0 heterocycles. The topological polar surface area (TPSA) is 96.0 Å². The highest BCUT2D eigenvalue weighted by atomic mass is 79.9. The van der Waals surface area contributed by atoms with E-state index >= 15 is 0 Å². The predicted molar refractivity (Wildman–Crippen MR) is 156 cm³/mol. The highest BCUT2D eigenvalue weighted by Gasteiger charge is 2.32. The molecule has 0 bridgehead atoms. The normalized spacial score (nSPS) is 12.1. The zero-order valence-corrected chi connectivity index (χ0v) is 25.1. The van der Waals surface area contributed by atoms with Crippen LogP contribution >= 0.6 is 15.9 Å². The maximum Gasteiger partial charge on any atom is 0.264 e. The van der Waals surface area contributed by atoms with Crippen molar-refractivity contribution in [3.63, 3.8) is 0 Å². The van der Waals surface area contributed by atoms with E-state index in [2.05, 4.69) is 21.2 Å². The average molecular weight is 617 g/mol. The van der Waals surface area contributed by atoms with E-state index in [1.807, 2.05) is 45.0 Å². The third kappa shape index (κ3) is 7.83. The number of amides is 2. The molecule has 2 amide bonds. The Kier molecular flexibility index (Phi) is 10.2. The van der Waals surface area contributed by atoms with Gasteiger partial charge in [0.15, 0.2) is 0 Å². The van der Waals surface area contributed by atoms with Crippen LogP contribution in [-0.4, -0.2) is 50.9 Å². The Balaban J connectivity index is 2.02. The first kappa shape index (κ1) is 30.2. The maximum absolute atomic E-state index is 13.9. The smallest absolute Gasteiger partial charge is 0.264 e. The number of aryl methyl sites for hydroxylation is 1. The van der Waals surface area contributed by atoms with E-state index in [0.717, 1.165) is 19.9 Å². The van der Waals surface area contributed by atoms with Gasteiger partial charge in [-0.15, -0.1) is 0 Å². The minimum atomic E-state index is -4.14. The number of rotatable bonds is 11. The number of ether oxygens (including phenoxy) is 1. The van der Waals surface area contributed by atoms with E-state index in [9.17, 15) is 18.0 Å². The molecule has 0 saturated carbocycles. The largest absolute Gasteiger partial charge is 0.497 e. The molecule has 0 fully saturated rings. The highest BCUT2D eigenvalue weighted by Crippen LogP contribution is 2.26. The number of carbonyl (C=O) groups is 2. The molecular formula is C29H34BrN3O5S. The molecule has 3 aromatic carbocycles. The van der Waals surface area contributed by atoms with Crippen molar-refractivity contribution in [2.45, 2.75) is 51.2 Å². The lowest BCUT2D eigenvalue weighted by Crippen LogP contribution is -2.52. The number of methoxy groups -OCH3 is 1. The van der Waals surface area contributed by atoms with Crippen LogP contribution in [0.25, 0.3) is 0 Å². The molecule has 0 radical (unpaired) electrons. The van der Waals surface area contributed by atoms with E-state index in [0.29, 0.717) is 11.4 Å². The number of hydrogen-bond donors (Lipinski definition) is 1. The fourth-order valence-corrected chi connectivity index (χ4v) is 5.57. The maximum atomic E-state index is 13.9. The van der Waals surface area contributed by atoms with Crippen LogP contribution in [0, 0.1) is 6.92 Å². The molecule has 1 N–H and O–H groups in total. The van der Waals surface area contributed by atoms with Crippen LogP contribution < -0.4 is 14.4 Å². The molecule has 1 unspecified atom stereocenters. The van der Waals surface area contributed by atoms with Crippen molar-refractivity contribution in [2.24, 2.45) is 0 Å². The lowest BCUT2D eigenvalue weighted by atomic mass is 10.1. The summed E-state index contributed by atoms with van der Waals surface area (Å²) >= 11 is 3.41. The van der Waals surface area contributed by atoms with Crippen molar-refractivity contribution in [1.29, 1.82) is 0 Å². The molecule has 3 aromatic rings. The second-order valence-corrected chi connectivity index (χ2v) is 12.3. The van der Waals surface area contributed by atoms with Crippen molar-refractivity contribution >= 4 is 43.5 Å². The molecule has 0 aromatic heterocycles. The number of nitrogens with zero attached hydrogens (tertiary/aromatic N) is 2. The monoisotopic (exact) mass is 615 g/mol. The standard InChI is InChI=1S/C29H34BrN3O5S/c1-20(2)31-29(35)22(4)32(18-23-8-10-24(30)11-9-23)28(34)19-33(25-12-6-21(3)7-13-25)39(36,37)27-16-14-26(38-5)15-17-27/h6-17,20,22H,18-19H2,1-5H3,(H,31,35). The van der Waals surface area contributed by atoms with Crippen LogP contribution in [0.1, 0.15) is 31.9 Å². The molecule has 39 heavy (non-hydrogen) atoms. The van der Waals surface area contributed by atoms with Crippen LogP contribution in [0.2, 0.25) is 0 Å². The first-order valence-electron chi connectivity index (χ1n) is 12.5. The van der Waals surface area contributed by atoms with Crippen molar-refractivity contribution in [2.75, 3.05) is 18.0 Å². The summed E-state index contributed by atoms with van der Waals surface area (Å²) in [7, 11) is -2.64. The van der Waals surface area contributed by atoms with Gasteiger partial charge in [-0.3, -0.25) is 13.9 Å². The molecule has 1 atom stereocenters. The summed E-state index contributed by atoms with van der Waals surface area (Å²) in [5.41, 5.74) is 2.09. The van der Waals surface area contributed by atoms with Crippen LogP contribution in [0.4, 0.5) is 5.69 Å². The number of anilines is 1. The van der Waals surface area contributed by atoms with Gasteiger partial charge >= 0.3 is 0 Å². The van der Waals surface area contributed by atoms with Gasteiger partial charge in [-0.1, -0.05) is 45.8 Å². The number of carbonyl (C=O) groups excluding carboxylic acids is 2. The Morgan fingerprint density at radius 2 is 1.51 bits per heavy atom. The van der Waals surface area contributed by atoms with Gasteiger partial charge in [0.1, 0.15) is 18.3 Å². The lowest BCUT2D eigenvalue weighted by Gasteiger charge is -2.32. The van der Waals surface area contributed by atoms with E-state index < -0.39 is 28.5 Å². The predicted octanol–water partition coefficient (Wildman–Crippen LogP) is 4.90. The van der Waals surface area contributed by atoms with Crippen molar-refractivity contribution in [3.8, 4) is 5.75 Å². The summed E-state index contributed by atoms with van der Waals surface area (Å²) in [6, 6.07) is 19.3. The summed E-state index contributed by atoms with van der Waals surface area (Å²) in [4.78, 5) is 28.3. The SMILES string of the molecule is COc1ccc(S(=O)(=O)N(CC(=O)N(Cc2ccc(Br)cc2)C(C)C(=O)NC(C)C)c2ccc(C)cc2)cc1. The summed E-state index contributed by atoms with van der Waals surface area (Å²) in [5.74, 6) is -0.324. The van der Waals surface area contributed by atoms with Crippen LogP contribution in [0.5, 0.6) is 5.75 Å². The third-order valence-corrected chi connectivity index (χ3v) is 8.43. The fraction of sp³-hybridized carbons (Fsp3) is 0.310. The molecule has 0 aliphatic carbocycles. The Bertz CT molecular complexity index is 1380. The Morgan fingerprint density at radius 3 is 2.05 bits per heavy atom. The van der Waals surface area contributed by atoms with Crippen molar-refractivity contribution in [1.82, 2.24) is 10.2 Å². The summed E-state index contributed by atoms with van der Waals surface area (Å²) < 4.78 is 34.8. The number of hydrogen-bond acceptors (Lipinski definition) is 5. The molecule has 8 nitrogen and oxygen atoms in total. The summed E-state index contributed by atoms with van der Waals surface area (Å²) in [5, 5.41) is 2.85. The number of halogens is 1. The van der Waals surface area contributed by atoms with Crippen molar-refractivity contribution in [3.05, 3.63) is 88.4 Å². The van der Waals surface area contributed by atoms with Crippen LogP contribution in [-0.2, 0) is 26.2 Å². The first-order chi connectivity index (χ1) is 18.4. The molecule has 0 spiro atoms.